The molecular weight excluding hydrogens is 422 g/mol. The number of carbonyl (C=O) groups excluding carboxylic acids is 1. The van der Waals surface area contributed by atoms with Crippen molar-refractivity contribution in [1.29, 1.82) is 0 Å². The molecule has 1 aliphatic heterocycles. The molecule has 4 rings (SSSR count). The minimum Gasteiger partial charge on any atom is -0.392 e. The van der Waals surface area contributed by atoms with Crippen molar-refractivity contribution in [1.82, 2.24) is 15.2 Å². The predicted octanol–water partition coefficient (Wildman–Crippen LogP) is 3.48. The van der Waals surface area contributed by atoms with Crippen molar-refractivity contribution < 1.29 is 15.0 Å². The molecule has 0 bridgehead atoms. The van der Waals surface area contributed by atoms with E-state index in [1.54, 1.807) is 16.2 Å². The summed E-state index contributed by atoms with van der Waals surface area (Å²) >= 11 is 1.61. The van der Waals surface area contributed by atoms with Crippen LogP contribution >= 0.6 is 11.3 Å². The maximum atomic E-state index is 13.0. The highest BCUT2D eigenvalue weighted by Crippen LogP contribution is 2.32. The van der Waals surface area contributed by atoms with Gasteiger partial charge in [-0.3, -0.25) is 9.69 Å². The zero-order valence-electron chi connectivity index (χ0n) is 18.6. The summed E-state index contributed by atoms with van der Waals surface area (Å²) in [4.78, 5) is 20.1. The molecule has 1 unspecified atom stereocenters. The zero-order chi connectivity index (χ0) is 22.8. The molecule has 1 aromatic heterocycles. The third kappa shape index (κ3) is 4.61. The normalized spacial score (nSPS) is 19.8. The predicted molar refractivity (Wildman–Crippen MR) is 126 cm³/mol. The van der Waals surface area contributed by atoms with Gasteiger partial charge < -0.3 is 15.5 Å². The maximum absolute atomic E-state index is 13.0. The van der Waals surface area contributed by atoms with Crippen LogP contribution in [0.5, 0.6) is 0 Å². The molecule has 0 saturated carbocycles. The van der Waals surface area contributed by atoms with Crippen LogP contribution in [0.25, 0.3) is 10.4 Å². The van der Waals surface area contributed by atoms with E-state index in [1.807, 2.05) is 68.7 Å². The molecule has 3 aromatic rings. The molecule has 3 atom stereocenters. The summed E-state index contributed by atoms with van der Waals surface area (Å²) in [6.45, 7) is 6.54. The third-order valence-corrected chi connectivity index (χ3v) is 7.14. The second kappa shape index (κ2) is 9.50. The van der Waals surface area contributed by atoms with Gasteiger partial charge in [0.15, 0.2) is 0 Å². The van der Waals surface area contributed by atoms with E-state index < -0.39 is 18.4 Å². The first-order valence-electron chi connectivity index (χ1n) is 10.8. The van der Waals surface area contributed by atoms with Crippen molar-refractivity contribution in [2.24, 2.45) is 0 Å². The number of nitrogens with one attached hydrogen (secondary N) is 1. The Balaban J connectivity index is 1.43. The van der Waals surface area contributed by atoms with Crippen LogP contribution < -0.4 is 5.32 Å². The Labute approximate surface area is 192 Å². The SMILES string of the molecule is Cc1cccc(C)c1C(O)N1C[C@H](O)C[C@H]1C(=O)NCc1ccc(-c2scnc2C)cc1. The highest BCUT2D eigenvalue weighted by atomic mass is 32.1. The van der Waals surface area contributed by atoms with Gasteiger partial charge in [-0.15, -0.1) is 11.3 Å². The van der Waals surface area contributed by atoms with E-state index in [9.17, 15) is 15.0 Å². The quantitative estimate of drug-likeness (QED) is 0.534. The maximum Gasteiger partial charge on any atom is 0.237 e. The van der Waals surface area contributed by atoms with Crippen LogP contribution in [0, 0.1) is 20.8 Å². The average Bonchev–Trinajstić information content (AvgIpc) is 3.37. The first-order chi connectivity index (χ1) is 15.3. The highest BCUT2D eigenvalue weighted by molar-refractivity contribution is 7.13. The number of aliphatic hydroxyl groups excluding tert-OH is 2. The van der Waals surface area contributed by atoms with Gasteiger partial charge in [0, 0.05) is 18.7 Å². The van der Waals surface area contributed by atoms with E-state index in [-0.39, 0.29) is 12.5 Å². The van der Waals surface area contributed by atoms with Gasteiger partial charge in [-0.25, -0.2) is 4.98 Å². The average molecular weight is 452 g/mol. The van der Waals surface area contributed by atoms with Gasteiger partial charge in [0.1, 0.15) is 6.23 Å². The Hall–Kier alpha value is -2.58. The second-order valence-corrected chi connectivity index (χ2v) is 9.32. The molecule has 3 N–H and O–H groups in total. The van der Waals surface area contributed by atoms with Crippen molar-refractivity contribution in [3.8, 4) is 10.4 Å². The molecule has 2 heterocycles. The van der Waals surface area contributed by atoms with E-state index in [4.69, 9.17) is 0 Å². The first kappa shape index (κ1) is 22.6. The molecule has 0 spiro atoms. The lowest BCUT2D eigenvalue weighted by Crippen LogP contribution is -2.44. The molecule has 6 nitrogen and oxygen atoms in total. The van der Waals surface area contributed by atoms with E-state index in [0.717, 1.165) is 38.4 Å². The van der Waals surface area contributed by atoms with Gasteiger partial charge in [0.25, 0.3) is 0 Å². The molecule has 1 saturated heterocycles. The number of aryl methyl sites for hydroxylation is 3. The number of thiazole rings is 1. The van der Waals surface area contributed by atoms with Crippen molar-refractivity contribution in [2.75, 3.05) is 6.54 Å². The summed E-state index contributed by atoms with van der Waals surface area (Å²) in [5.74, 6) is -0.186. The zero-order valence-corrected chi connectivity index (χ0v) is 19.4. The molecule has 168 valence electrons. The summed E-state index contributed by atoms with van der Waals surface area (Å²) in [6, 6.07) is 13.3. The Morgan fingerprint density at radius 3 is 2.50 bits per heavy atom. The number of hydrogen-bond acceptors (Lipinski definition) is 6. The summed E-state index contributed by atoms with van der Waals surface area (Å²) in [5, 5.41) is 24.3. The van der Waals surface area contributed by atoms with Crippen LogP contribution in [0.1, 0.15) is 40.6 Å². The van der Waals surface area contributed by atoms with Gasteiger partial charge >= 0.3 is 0 Å². The van der Waals surface area contributed by atoms with Crippen LogP contribution in [-0.2, 0) is 11.3 Å². The number of β-amino-alcohol motifs (C(OH)–C–C–N with tert-alkyl or cyclic N) is 1. The van der Waals surface area contributed by atoms with E-state index in [0.29, 0.717) is 13.0 Å². The second-order valence-electron chi connectivity index (χ2n) is 8.46. The van der Waals surface area contributed by atoms with Gasteiger partial charge in [-0.05, 0) is 49.4 Å². The number of aliphatic hydroxyl groups is 2. The van der Waals surface area contributed by atoms with Gasteiger partial charge in [-0.1, -0.05) is 42.5 Å². The van der Waals surface area contributed by atoms with Crippen molar-refractivity contribution >= 4 is 17.2 Å². The lowest BCUT2D eigenvalue weighted by Gasteiger charge is -2.30. The van der Waals surface area contributed by atoms with E-state index >= 15 is 0 Å². The highest BCUT2D eigenvalue weighted by Gasteiger charge is 2.40. The van der Waals surface area contributed by atoms with Crippen molar-refractivity contribution in [2.45, 2.75) is 52.1 Å². The van der Waals surface area contributed by atoms with Gasteiger partial charge in [0.05, 0.1) is 28.2 Å². The fourth-order valence-electron chi connectivity index (χ4n) is 4.43. The Bertz CT molecular complexity index is 1080. The minimum atomic E-state index is -0.939. The van der Waals surface area contributed by atoms with Crippen molar-refractivity contribution in [3.05, 3.63) is 75.9 Å². The van der Waals surface area contributed by atoms with Crippen LogP contribution in [0.15, 0.2) is 48.0 Å². The minimum absolute atomic E-state index is 0.186. The third-order valence-electron chi connectivity index (χ3n) is 6.16. The standard InChI is InChI=1S/C25H29N3O3S/c1-15-5-4-6-16(2)22(15)25(31)28-13-20(29)11-21(28)24(30)26-12-18-7-9-19(10-8-18)23-17(3)27-14-32-23/h4-10,14,20-21,25,29,31H,11-13H2,1-3H3,(H,26,30)/t20-,21+,25?/m1/s1. The topological polar surface area (TPSA) is 85.7 Å². The number of likely N-dealkylation sites (tertiary alicyclic amines) is 1. The number of nitrogens with zero attached hydrogens (tertiary/aromatic N) is 2. The summed E-state index contributed by atoms with van der Waals surface area (Å²) < 4.78 is 0. The smallest absolute Gasteiger partial charge is 0.237 e. The first-order valence-corrected chi connectivity index (χ1v) is 11.7. The lowest BCUT2D eigenvalue weighted by atomic mass is 10.0. The van der Waals surface area contributed by atoms with E-state index in [2.05, 4.69) is 10.3 Å². The molecule has 0 aliphatic carbocycles. The van der Waals surface area contributed by atoms with Gasteiger partial charge in [0.2, 0.25) is 5.91 Å². The van der Waals surface area contributed by atoms with E-state index in [1.165, 1.54) is 0 Å². The monoisotopic (exact) mass is 451 g/mol. The molecule has 0 radical (unpaired) electrons. The molecule has 32 heavy (non-hydrogen) atoms. The number of benzene rings is 2. The summed E-state index contributed by atoms with van der Waals surface area (Å²) in [7, 11) is 0. The fraction of sp³-hybridized carbons (Fsp3) is 0.360. The molecule has 1 amide bonds. The Kier molecular flexibility index (Phi) is 6.71. The van der Waals surface area contributed by atoms with Crippen LogP contribution in [-0.4, -0.2) is 44.7 Å². The van der Waals surface area contributed by atoms with Crippen LogP contribution in [0.3, 0.4) is 0 Å². The molecule has 7 heteroatoms. The Morgan fingerprint density at radius 2 is 1.88 bits per heavy atom. The Morgan fingerprint density at radius 1 is 1.19 bits per heavy atom. The summed E-state index contributed by atoms with van der Waals surface area (Å²) in [6.07, 6.45) is -1.28. The number of aromatic nitrogens is 1. The molecule has 1 fully saturated rings. The molecular formula is C25H29N3O3S. The molecule has 1 aliphatic rings. The number of amides is 1. The van der Waals surface area contributed by atoms with Gasteiger partial charge in [-0.2, -0.15) is 0 Å². The summed E-state index contributed by atoms with van der Waals surface area (Å²) in [5.41, 5.74) is 7.69. The van der Waals surface area contributed by atoms with Crippen LogP contribution in [0.4, 0.5) is 0 Å². The number of hydrogen-bond donors (Lipinski definition) is 3. The fourth-order valence-corrected chi connectivity index (χ4v) is 5.24. The van der Waals surface area contributed by atoms with Crippen molar-refractivity contribution in [3.63, 3.8) is 0 Å². The lowest BCUT2D eigenvalue weighted by molar-refractivity contribution is -0.129. The number of rotatable bonds is 6. The van der Waals surface area contributed by atoms with Crippen LogP contribution in [0.2, 0.25) is 0 Å². The number of carbonyl (C=O) groups is 1. The molecule has 2 aromatic carbocycles. The largest absolute Gasteiger partial charge is 0.392 e.